The molecule has 1 aromatic heterocycles. The summed E-state index contributed by atoms with van der Waals surface area (Å²) in [6.45, 7) is 4.40. The molecule has 2 aromatic carbocycles. The van der Waals surface area contributed by atoms with Crippen molar-refractivity contribution in [2.24, 2.45) is 0 Å². The number of anilines is 1. The van der Waals surface area contributed by atoms with E-state index in [9.17, 15) is 9.59 Å². The van der Waals surface area contributed by atoms with E-state index >= 15 is 0 Å². The number of hydrogen-bond acceptors (Lipinski definition) is 3. The highest BCUT2D eigenvalue weighted by Crippen LogP contribution is 2.24. The highest BCUT2D eigenvalue weighted by molar-refractivity contribution is 5.92. The molecule has 1 heterocycles. The van der Waals surface area contributed by atoms with Gasteiger partial charge in [0.1, 0.15) is 5.75 Å². The van der Waals surface area contributed by atoms with E-state index < -0.39 is 0 Å². The number of H-pyrrole nitrogens is 1. The Kier molecular flexibility index (Phi) is 5.37. The second kappa shape index (κ2) is 7.87. The molecule has 0 radical (unpaired) electrons. The highest BCUT2D eigenvalue weighted by atomic mass is 16.5. The van der Waals surface area contributed by atoms with Crippen molar-refractivity contribution in [2.45, 2.75) is 26.7 Å². The molecule has 2 N–H and O–H groups in total. The molecule has 0 aliphatic rings. The summed E-state index contributed by atoms with van der Waals surface area (Å²) < 4.78 is 5.51. The molecule has 0 atom stereocenters. The number of pyridine rings is 1. The number of aryl methyl sites for hydroxylation is 2. The van der Waals surface area contributed by atoms with Crippen LogP contribution in [0.2, 0.25) is 0 Å². The summed E-state index contributed by atoms with van der Waals surface area (Å²) in [5.74, 6) is 0.489. The maximum Gasteiger partial charge on any atom is 0.251 e. The topological polar surface area (TPSA) is 71.2 Å². The Bertz CT molecular complexity index is 992. The molecule has 1 amide bonds. The monoisotopic (exact) mass is 350 g/mol. The van der Waals surface area contributed by atoms with Gasteiger partial charge in [0.15, 0.2) is 0 Å². The van der Waals surface area contributed by atoms with Gasteiger partial charge in [-0.05, 0) is 55.5 Å². The van der Waals surface area contributed by atoms with Crippen molar-refractivity contribution < 1.29 is 9.53 Å². The number of nitrogens with one attached hydrogen (secondary N) is 2. The van der Waals surface area contributed by atoms with Crippen LogP contribution in [0.3, 0.4) is 0 Å². The van der Waals surface area contributed by atoms with Gasteiger partial charge in [0.2, 0.25) is 5.91 Å². The predicted octanol–water partition coefficient (Wildman–Crippen LogP) is 3.81. The lowest BCUT2D eigenvalue weighted by molar-refractivity contribution is -0.116. The molecule has 5 heteroatoms. The van der Waals surface area contributed by atoms with Gasteiger partial charge in [-0.2, -0.15) is 0 Å². The van der Waals surface area contributed by atoms with Crippen LogP contribution < -0.4 is 15.6 Å². The highest BCUT2D eigenvalue weighted by Gasteiger charge is 2.10. The van der Waals surface area contributed by atoms with E-state index in [1.54, 1.807) is 6.07 Å². The van der Waals surface area contributed by atoms with Crippen LogP contribution in [0, 0.1) is 6.92 Å². The van der Waals surface area contributed by atoms with Crippen molar-refractivity contribution in [3.8, 4) is 5.75 Å². The molecule has 0 bridgehead atoms. The van der Waals surface area contributed by atoms with Crippen LogP contribution in [0.25, 0.3) is 10.9 Å². The number of rotatable bonds is 6. The number of aromatic amines is 1. The molecule has 0 saturated heterocycles. The first-order valence-corrected chi connectivity index (χ1v) is 8.71. The van der Waals surface area contributed by atoms with E-state index in [0.29, 0.717) is 30.0 Å². The summed E-state index contributed by atoms with van der Waals surface area (Å²) >= 11 is 0. The number of carbonyl (C=O) groups excluding carboxylic acids is 1. The Labute approximate surface area is 152 Å². The summed E-state index contributed by atoms with van der Waals surface area (Å²) in [6.07, 6.45) is 0.600. The van der Waals surface area contributed by atoms with E-state index in [1.165, 1.54) is 0 Å². The van der Waals surface area contributed by atoms with Crippen LogP contribution in [0.4, 0.5) is 5.69 Å². The van der Waals surface area contributed by atoms with Crippen LogP contribution in [0.1, 0.15) is 24.5 Å². The summed E-state index contributed by atoms with van der Waals surface area (Å²) in [7, 11) is 0. The fourth-order valence-corrected chi connectivity index (χ4v) is 2.86. The molecule has 3 rings (SSSR count). The van der Waals surface area contributed by atoms with Crippen molar-refractivity contribution in [1.82, 2.24) is 4.98 Å². The number of carbonyl (C=O) groups is 1. The standard InChI is InChI=1S/C21H22N2O3/c1-3-26-19-7-5-4-6-17(19)22-20(24)11-10-16-13-15-9-8-14(2)12-18(15)23-21(16)25/h4-9,12-13H,3,10-11H2,1-2H3,(H,22,24)(H,23,25). The van der Waals surface area contributed by atoms with E-state index in [4.69, 9.17) is 4.74 Å². The average molecular weight is 350 g/mol. The zero-order chi connectivity index (χ0) is 18.5. The van der Waals surface area contributed by atoms with Crippen LogP contribution in [-0.4, -0.2) is 17.5 Å². The van der Waals surface area contributed by atoms with Crippen molar-refractivity contribution in [3.05, 3.63) is 70.0 Å². The summed E-state index contributed by atoms with van der Waals surface area (Å²) in [6, 6.07) is 15.1. The third-order valence-electron chi connectivity index (χ3n) is 4.16. The number of para-hydroxylation sites is 2. The molecule has 0 spiro atoms. The Hall–Kier alpha value is -3.08. The molecular weight excluding hydrogens is 328 g/mol. The third kappa shape index (κ3) is 4.11. The lowest BCUT2D eigenvalue weighted by Gasteiger charge is -2.11. The van der Waals surface area contributed by atoms with Crippen LogP contribution in [0.5, 0.6) is 5.75 Å². The Balaban J connectivity index is 1.70. The van der Waals surface area contributed by atoms with Gasteiger partial charge in [0, 0.05) is 17.5 Å². The van der Waals surface area contributed by atoms with E-state index in [2.05, 4.69) is 10.3 Å². The average Bonchev–Trinajstić information content (AvgIpc) is 2.62. The number of fused-ring (bicyclic) bond motifs is 1. The summed E-state index contributed by atoms with van der Waals surface area (Å²) in [4.78, 5) is 27.4. The van der Waals surface area contributed by atoms with Gasteiger partial charge in [-0.1, -0.05) is 24.3 Å². The Morgan fingerprint density at radius 2 is 1.96 bits per heavy atom. The maximum absolute atomic E-state index is 12.3. The fraction of sp³-hybridized carbons (Fsp3) is 0.238. The fourth-order valence-electron chi connectivity index (χ4n) is 2.86. The van der Waals surface area contributed by atoms with Gasteiger partial charge in [0.05, 0.1) is 12.3 Å². The van der Waals surface area contributed by atoms with Crippen molar-refractivity contribution >= 4 is 22.5 Å². The molecule has 0 fully saturated rings. The molecule has 0 aliphatic heterocycles. The van der Waals surface area contributed by atoms with Gasteiger partial charge < -0.3 is 15.0 Å². The predicted molar refractivity (Wildman–Crippen MR) is 104 cm³/mol. The van der Waals surface area contributed by atoms with Crippen LogP contribution in [-0.2, 0) is 11.2 Å². The van der Waals surface area contributed by atoms with Gasteiger partial charge in [-0.3, -0.25) is 9.59 Å². The van der Waals surface area contributed by atoms with Gasteiger partial charge in [-0.15, -0.1) is 0 Å². The zero-order valence-corrected chi connectivity index (χ0v) is 15.0. The van der Waals surface area contributed by atoms with Gasteiger partial charge in [0.25, 0.3) is 5.56 Å². The molecule has 26 heavy (non-hydrogen) atoms. The smallest absolute Gasteiger partial charge is 0.251 e. The van der Waals surface area contributed by atoms with E-state index in [-0.39, 0.29) is 17.9 Å². The maximum atomic E-state index is 12.3. The molecule has 134 valence electrons. The van der Waals surface area contributed by atoms with Crippen molar-refractivity contribution in [1.29, 1.82) is 0 Å². The number of ether oxygens (including phenoxy) is 1. The van der Waals surface area contributed by atoms with E-state index in [1.807, 2.05) is 56.3 Å². The number of aromatic nitrogens is 1. The first-order valence-electron chi connectivity index (χ1n) is 8.71. The van der Waals surface area contributed by atoms with Crippen molar-refractivity contribution in [3.63, 3.8) is 0 Å². The van der Waals surface area contributed by atoms with Crippen molar-refractivity contribution in [2.75, 3.05) is 11.9 Å². The van der Waals surface area contributed by atoms with Gasteiger partial charge in [-0.25, -0.2) is 0 Å². The van der Waals surface area contributed by atoms with Crippen LogP contribution >= 0.6 is 0 Å². The number of benzene rings is 2. The molecule has 0 aliphatic carbocycles. The molecular formula is C21H22N2O3. The zero-order valence-electron chi connectivity index (χ0n) is 15.0. The molecule has 0 unspecified atom stereocenters. The summed E-state index contributed by atoms with van der Waals surface area (Å²) in [5, 5.41) is 3.82. The largest absolute Gasteiger partial charge is 0.492 e. The third-order valence-corrected chi connectivity index (χ3v) is 4.16. The first-order chi connectivity index (χ1) is 12.6. The minimum atomic E-state index is -0.152. The Morgan fingerprint density at radius 3 is 2.77 bits per heavy atom. The second-order valence-electron chi connectivity index (χ2n) is 6.19. The lowest BCUT2D eigenvalue weighted by atomic mass is 10.1. The molecule has 0 saturated carbocycles. The number of amides is 1. The molecule has 5 nitrogen and oxygen atoms in total. The Morgan fingerprint density at radius 1 is 1.15 bits per heavy atom. The van der Waals surface area contributed by atoms with Crippen LogP contribution in [0.15, 0.2) is 53.3 Å². The van der Waals surface area contributed by atoms with E-state index in [0.717, 1.165) is 16.5 Å². The van der Waals surface area contributed by atoms with Gasteiger partial charge >= 0.3 is 0 Å². The normalized spacial score (nSPS) is 10.7. The minimum Gasteiger partial charge on any atom is -0.492 e. The second-order valence-corrected chi connectivity index (χ2v) is 6.19. The lowest BCUT2D eigenvalue weighted by Crippen LogP contribution is -2.17. The summed E-state index contributed by atoms with van der Waals surface area (Å²) in [5.41, 5.74) is 3.00. The first kappa shape index (κ1) is 17.7. The quantitative estimate of drug-likeness (QED) is 0.710. The number of hydrogen-bond donors (Lipinski definition) is 2. The molecule has 3 aromatic rings. The minimum absolute atomic E-state index is 0.148. The SMILES string of the molecule is CCOc1ccccc1NC(=O)CCc1cc2ccc(C)cc2[nH]c1=O.